The summed E-state index contributed by atoms with van der Waals surface area (Å²) < 4.78 is 5.64. The Labute approximate surface area is 139 Å². The topological polar surface area (TPSA) is 55.4 Å². The van der Waals surface area contributed by atoms with Crippen LogP contribution in [-0.4, -0.2) is 24.7 Å². The number of methoxy groups -OCH3 is 1. The van der Waals surface area contributed by atoms with E-state index in [1.54, 1.807) is 11.4 Å². The number of thioether (sulfide) groups is 1. The molecule has 0 spiro atoms. The Morgan fingerprint density at radius 2 is 2.19 bits per heavy atom. The Kier molecular flexibility index (Phi) is 5.84. The minimum Gasteiger partial charge on any atom is -0.465 e. The molecule has 0 aliphatic carbocycles. The summed E-state index contributed by atoms with van der Waals surface area (Å²) in [5.74, 6) is -0.337. The van der Waals surface area contributed by atoms with Crippen molar-refractivity contribution in [2.75, 3.05) is 18.2 Å². The van der Waals surface area contributed by atoms with Crippen LogP contribution in [0.1, 0.15) is 9.67 Å². The van der Waals surface area contributed by atoms with Crippen LogP contribution >= 0.6 is 39.0 Å². The molecule has 4 nitrogen and oxygen atoms in total. The van der Waals surface area contributed by atoms with Crippen molar-refractivity contribution >= 4 is 56.6 Å². The molecule has 1 N–H and O–H groups in total. The van der Waals surface area contributed by atoms with Crippen LogP contribution in [0.2, 0.25) is 0 Å². The van der Waals surface area contributed by atoms with Crippen molar-refractivity contribution in [3.05, 3.63) is 45.1 Å². The minimum atomic E-state index is -0.444. The monoisotopic (exact) mass is 385 g/mol. The van der Waals surface area contributed by atoms with Gasteiger partial charge in [0.1, 0.15) is 4.88 Å². The highest BCUT2D eigenvalue weighted by Crippen LogP contribution is 2.25. The largest absolute Gasteiger partial charge is 0.465 e. The maximum atomic E-state index is 11.9. The lowest BCUT2D eigenvalue weighted by molar-refractivity contribution is -0.113. The highest BCUT2D eigenvalue weighted by atomic mass is 79.9. The molecule has 0 radical (unpaired) electrons. The maximum absolute atomic E-state index is 11.9. The molecular weight excluding hydrogens is 374 g/mol. The molecule has 1 heterocycles. The van der Waals surface area contributed by atoms with E-state index in [4.69, 9.17) is 0 Å². The summed E-state index contributed by atoms with van der Waals surface area (Å²) in [5.41, 5.74) is 0.492. The molecule has 2 aromatic rings. The first kappa shape index (κ1) is 16.1. The quantitative estimate of drug-likeness (QED) is 0.623. The summed E-state index contributed by atoms with van der Waals surface area (Å²) in [5, 5.41) is 4.47. The third-order valence-electron chi connectivity index (χ3n) is 2.48. The first-order valence-electron chi connectivity index (χ1n) is 5.94. The molecule has 0 atom stereocenters. The zero-order valence-corrected chi connectivity index (χ0v) is 14.3. The van der Waals surface area contributed by atoms with Crippen molar-refractivity contribution in [3.8, 4) is 0 Å². The van der Waals surface area contributed by atoms with Crippen LogP contribution in [-0.2, 0) is 9.53 Å². The van der Waals surface area contributed by atoms with Gasteiger partial charge in [0.2, 0.25) is 5.91 Å². The van der Waals surface area contributed by atoms with Gasteiger partial charge in [0, 0.05) is 9.37 Å². The van der Waals surface area contributed by atoms with Crippen LogP contribution in [0.4, 0.5) is 5.69 Å². The number of hydrogen-bond acceptors (Lipinski definition) is 5. The molecule has 0 saturated carbocycles. The van der Waals surface area contributed by atoms with Crippen LogP contribution in [0.3, 0.4) is 0 Å². The van der Waals surface area contributed by atoms with Gasteiger partial charge in [-0.1, -0.05) is 22.0 Å². The van der Waals surface area contributed by atoms with Gasteiger partial charge in [-0.05, 0) is 29.6 Å². The molecule has 0 unspecified atom stereocenters. The molecular formula is C14H12BrNO3S2. The van der Waals surface area contributed by atoms with Gasteiger partial charge in [-0.3, -0.25) is 4.79 Å². The van der Waals surface area contributed by atoms with Crippen LogP contribution < -0.4 is 5.32 Å². The molecule has 0 saturated heterocycles. The normalized spacial score (nSPS) is 10.2. The van der Waals surface area contributed by atoms with Gasteiger partial charge < -0.3 is 10.1 Å². The molecule has 21 heavy (non-hydrogen) atoms. The predicted octanol–water partition coefficient (Wildman–Crippen LogP) is 4.03. The van der Waals surface area contributed by atoms with Crippen LogP contribution in [0.25, 0.3) is 0 Å². The van der Waals surface area contributed by atoms with Crippen LogP contribution in [0.5, 0.6) is 0 Å². The van der Waals surface area contributed by atoms with E-state index in [1.165, 1.54) is 30.2 Å². The summed E-state index contributed by atoms with van der Waals surface area (Å²) in [4.78, 5) is 24.9. The van der Waals surface area contributed by atoms with Gasteiger partial charge in [0.25, 0.3) is 0 Å². The van der Waals surface area contributed by atoms with E-state index in [1.807, 2.05) is 24.3 Å². The highest BCUT2D eigenvalue weighted by molar-refractivity contribution is 9.10. The fraction of sp³-hybridized carbons (Fsp3) is 0.143. The molecule has 1 amide bonds. The van der Waals surface area contributed by atoms with Crippen LogP contribution in [0.15, 0.2) is 45.1 Å². The molecule has 0 fully saturated rings. The second kappa shape index (κ2) is 7.63. The Hall–Kier alpha value is -1.31. The van der Waals surface area contributed by atoms with Crippen molar-refractivity contribution < 1.29 is 14.3 Å². The number of nitrogens with one attached hydrogen (secondary N) is 1. The summed E-state index contributed by atoms with van der Waals surface area (Å²) in [6.45, 7) is 0. The number of carbonyl (C=O) groups excluding carboxylic acids is 2. The lowest BCUT2D eigenvalue weighted by Crippen LogP contribution is -2.15. The molecule has 110 valence electrons. The second-order valence-corrected chi connectivity index (χ2v) is 6.83. The van der Waals surface area contributed by atoms with Crippen molar-refractivity contribution in [3.63, 3.8) is 0 Å². The Morgan fingerprint density at radius 1 is 1.38 bits per heavy atom. The van der Waals surface area contributed by atoms with Gasteiger partial charge in [-0.25, -0.2) is 4.79 Å². The van der Waals surface area contributed by atoms with Crippen molar-refractivity contribution in [2.45, 2.75) is 4.90 Å². The summed E-state index contributed by atoms with van der Waals surface area (Å²) >= 11 is 6.06. The van der Waals surface area contributed by atoms with E-state index in [0.717, 1.165) is 9.37 Å². The van der Waals surface area contributed by atoms with E-state index in [0.29, 0.717) is 10.6 Å². The Morgan fingerprint density at radius 3 is 2.90 bits per heavy atom. The number of amides is 1. The average Bonchev–Trinajstić information content (AvgIpc) is 2.92. The number of benzene rings is 1. The van der Waals surface area contributed by atoms with E-state index in [2.05, 4.69) is 26.0 Å². The third-order valence-corrected chi connectivity index (χ3v) is 4.86. The van der Waals surface area contributed by atoms with Crippen LogP contribution in [0, 0.1) is 0 Å². The lowest BCUT2D eigenvalue weighted by Gasteiger charge is -2.05. The predicted molar refractivity (Wildman–Crippen MR) is 89.2 cm³/mol. The van der Waals surface area contributed by atoms with E-state index in [-0.39, 0.29) is 11.7 Å². The smallest absolute Gasteiger partial charge is 0.350 e. The molecule has 0 aliphatic heterocycles. The zero-order chi connectivity index (χ0) is 15.2. The number of rotatable bonds is 5. The number of thiophene rings is 1. The molecule has 1 aromatic heterocycles. The Balaban J connectivity index is 1.93. The molecule has 0 aliphatic rings. The first-order valence-corrected chi connectivity index (χ1v) is 8.60. The first-order chi connectivity index (χ1) is 10.1. The number of hydrogen-bond donors (Lipinski definition) is 1. The van der Waals surface area contributed by atoms with Gasteiger partial charge in [0.05, 0.1) is 18.6 Å². The fourth-order valence-corrected chi connectivity index (χ4v) is 3.62. The number of halogens is 1. The molecule has 2 rings (SSSR count). The fourth-order valence-electron chi connectivity index (χ4n) is 1.55. The van der Waals surface area contributed by atoms with Gasteiger partial charge >= 0.3 is 5.97 Å². The summed E-state index contributed by atoms with van der Waals surface area (Å²) in [6, 6.07) is 9.42. The maximum Gasteiger partial charge on any atom is 0.350 e. The number of ether oxygens (including phenoxy) is 1. The summed E-state index contributed by atoms with van der Waals surface area (Å²) in [7, 11) is 1.32. The van der Waals surface area contributed by atoms with E-state index < -0.39 is 5.97 Å². The third kappa shape index (κ3) is 4.59. The Bertz CT molecular complexity index is 657. The SMILES string of the molecule is COC(=O)c1sccc1NC(=O)CSc1cccc(Br)c1. The molecule has 7 heteroatoms. The van der Waals surface area contributed by atoms with Gasteiger partial charge in [0.15, 0.2) is 0 Å². The summed E-state index contributed by atoms with van der Waals surface area (Å²) in [6.07, 6.45) is 0. The van der Waals surface area contributed by atoms with Gasteiger partial charge in [-0.2, -0.15) is 0 Å². The standard InChI is InChI=1S/C14H12BrNO3S2/c1-19-14(18)13-11(5-6-20-13)16-12(17)8-21-10-4-2-3-9(15)7-10/h2-7H,8H2,1H3,(H,16,17). The van der Waals surface area contributed by atoms with E-state index >= 15 is 0 Å². The second-order valence-electron chi connectivity index (χ2n) is 3.95. The average molecular weight is 386 g/mol. The minimum absolute atomic E-state index is 0.163. The van der Waals surface area contributed by atoms with Crippen molar-refractivity contribution in [2.24, 2.45) is 0 Å². The van der Waals surface area contributed by atoms with E-state index in [9.17, 15) is 9.59 Å². The van der Waals surface area contributed by atoms with Crippen molar-refractivity contribution in [1.82, 2.24) is 0 Å². The number of anilines is 1. The number of esters is 1. The highest BCUT2D eigenvalue weighted by Gasteiger charge is 2.15. The van der Waals surface area contributed by atoms with Crippen molar-refractivity contribution in [1.29, 1.82) is 0 Å². The zero-order valence-electron chi connectivity index (χ0n) is 11.1. The molecule has 1 aromatic carbocycles. The van der Waals surface area contributed by atoms with Gasteiger partial charge in [-0.15, -0.1) is 23.1 Å². The number of carbonyl (C=O) groups is 2. The lowest BCUT2D eigenvalue weighted by atomic mass is 10.4. The molecule has 0 bridgehead atoms.